The maximum Gasteiger partial charge on any atom is 0.324 e. The number of hydrogen-bond donors (Lipinski definition) is 1. The Morgan fingerprint density at radius 1 is 1.05 bits per heavy atom. The maximum atomic E-state index is 12.0. The highest BCUT2D eigenvalue weighted by Crippen LogP contribution is 2.42. The lowest BCUT2D eigenvalue weighted by molar-refractivity contribution is -0.155. The van der Waals surface area contributed by atoms with Crippen LogP contribution in [-0.4, -0.2) is 34.6 Å². The molecule has 2 aliphatic rings. The topological polar surface area (TPSA) is 40.5 Å². The van der Waals surface area contributed by atoms with Crippen molar-refractivity contribution in [3.63, 3.8) is 0 Å². The highest BCUT2D eigenvalue weighted by Gasteiger charge is 2.46. The number of carbonyl (C=O) groups is 1. The van der Waals surface area contributed by atoms with Crippen LogP contribution in [0.15, 0.2) is 30.3 Å². The zero-order chi connectivity index (χ0) is 14.7. The molecule has 2 fully saturated rings. The Hall–Kier alpha value is -1.35. The van der Waals surface area contributed by atoms with E-state index in [1.54, 1.807) is 0 Å². The van der Waals surface area contributed by atoms with Crippen molar-refractivity contribution in [1.29, 1.82) is 0 Å². The summed E-state index contributed by atoms with van der Waals surface area (Å²) in [6.45, 7) is 1.92. The quantitative estimate of drug-likeness (QED) is 0.922. The molecule has 0 radical (unpaired) electrons. The summed E-state index contributed by atoms with van der Waals surface area (Å²) in [6, 6.07) is 10.6. The summed E-state index contributed by atoms with van der Waals surface area (Å²) in [5.74, 6) is -0.0700. The van der Waals surface area contributed by atoms with Crippen LogP contribution in [0.3, 0.4) is 0 Å². The second kappa shape index (κ2) is 6.18. The predicted octanol–water partition coefficient (Wildman–Crippen LogP) is 3.65. The van der Waals surface area contributed by atoms with Crippen LogP contribution in [0.1, 0.15) is 56.4 Å². The van der Waals surface area contributed by atoms with E-state index in [0.29, 0.717) is 5.92 Å². The van der Waals surface area contributed by atoms with Gasteiger partial charge in [-0.15, -0.1) is 0 Å². The van der Waals surface area contributed by atoms with E-state index in [-0.39, 0.29) is 0 Å². The van der Waals surface area contributed by atoms with Gasteiger partial charge in [0.1, 0.15) is 5.54 Å². The first-order chi connectivity index (χ1) is 10.2. The van der Waals surface area contributed by atoms with E-state index in [0.717, 1.165) is 51.6 Å². The van der Waals surface area contributed by atoms with Crippen LogP contribution in [-0.2, 0) is 4.79 Å². The van der Waals surface area contributed by atoms with Gasteiger partial charge >= 0.3 is 5.97 Å². The van der Waals surface area contributed by atoms with E-state index in [9.17, 15) is 9.90 Å². The molecule has 21 heavy (non-hydrogen) atoms. The van der Waals surface area contributed by atoms with Crippen LogP contribution in [0.2, 0.25) is 0 Å². The molecule has 1 aliphatic heterocycles. The van der Waals surface area contributed by atoms with Gasteiger partial charge in [-0.3, -0.25) is 9.69 Å². The number of nitrogens with zero attached hydrogens (tertiary/aromatic N) is 1. The molecule has 3 heteroatoms. The molecule has 0 spiro atoms. The summed E-state index contributed by atoms with van der Waals surface area (Å²) >= 11 is 0. The zero-order valence-corrected chi connectivity index (χ0v) is 12.6. The van der Waals surface area contributed by atoms with Gasteiger partial charge in [0.05, 0.1) is 0 Å². The first-order valence-corrected chi connectivity index (χ1v) is 8.26. The van der Waals surface area contributed by atoms with Crippen LogP contribution < -0.4 is 0 Å². The van der Waals surface area contributed by atoms with Crippen molar-refractivity contribution < 1.29 is 9.90 Å². The number of piperidine rings is 1. The number of benzene rings is 1. The number of carboxylic acids is 1. The number of aliphatic carboxylic acids is 1. The molecule has 114 valence electrons. The van der Waals surface area contributed by atoms with Gasteiger partial charge < -0.3 is 5.11 Å². The second-order valence-corrected chi connectivity index (χ2v) is 6.57. The molecule has 0 bridgehead atoms. The van der Waals surface area contributed by atoms with Crippen LogP contribution >= 0.6 is 0 Å². The zero-order valence-electron chi connectivity index (χ0n) is 12.6. The summed E-state index contributed by atoms with van der Waals surface area (Å²) in [5.41, 5.74) is 0.779. The Morgan fingerprint density at radius 2 is 1.67 bits per heavy atom. The Morgan fingerprint density at radius 3 is 2.24 bits per heavy atom. The van der Waals surface area contributed by atoms with Crippen molar-refractivity contribution in [3.05, 3.63) is 35.9 Å². The summed E-state index contributed by atoms with van der Waals surface area (Å²) in [5, 5.41) is 9.86. The van der Waals surface area contributed by atoms with Crippen LogP contribution in [0.25, 0.3) is 0 Å². The van der Waals surface area contributed by atoms with E-state index >= 15 is 0 Å². The van der Waals surface area contributed by atoms with Crippen LogP contribution in [0, 0.1) is 0 Å². The van der Waals surface area contributed by atoms with Crippen molar-refractivity contribution >= 4 is 5.97 Å². The fourth-order valence-corrected chi connectivity index (χ4v) is 4.14. The molecule has 1 aromatic rings. The first-order valence-electron chi connectivity index (χ1n) is 8.26. The van der Waals surface area contributed by atoms with Crippen molar-refractivity contribution in [2.75, 3.05) is 13.1 Å². The number of carboxylic acid groups (broad SMARTS) is 1. The molecule has 0 aromatic heterocycles. The Bertz CT molecular complexity index is 471. The first kappa shape index (κ1) is 14.6. The highest BCUT2D eigenvalue weighted by molar-refractivity contribution is 5.79. The molecule has 1 aliphatic carbocycles. The molecule has 1 saturated heterocycles. The average Bonchev–Trinajstić information content (AvgIpc) is 2.56. The standard InChI is InChI=1S/C18H25NO2/c20-17(21)18(19-13-5-2-6-14-19)11-9-16(10-12-18)15-7-3-1-4-8-15/h1,3-4,7-8,16H,2,5-6,9-14H2,(H,20,21). The van der Waals surface area contributed by atoms with Crippen LogP contribution in [0.4, 0.5) is 0 Å². The molecule has 3 nitrogen and oxygen atoms in total. The van der Waals surface area contributed by atoms with E-state index in [4.69, 9.17) is 0 Å². The molecule has 0 amide bonds. The molecule has 1 N–H and O–H groups in total. The lowest BCUT2D eigenvalue weighted by Gasteiger charge is -2.46. The third-order valence-corrected chi connectivity index (χ3v) is 5.44. The van der Waals surface area contributed by atoms with Gasteiger partial charge in [0.25, 0.3) is 0 Å². The van der Waals surface area contributed by atoms with E-state index in [1.165, 1.54) is 12.0 Å². The molecule has 1 aromatic carbocycles. The minimum absolute atomic E-state index is 0.531. The fraction of sp³-hybridized carbons (Fsp3) is 0.611. The molecule has 3 rings (SSSR count). The number of likely N-dealkylation sites (tertiary alicyclic amines) is 1. The largest absolute Gasteiger partial charge is 0.480 e. The van der Waals surface area contributed by atoms with Crippen molar-refractivity contribution in [3.8, 4) is 0 Å². The van der Waals surface area contributed by atoms with Gasteiger partial charge in [-0.2, -0.15) is 0 Å². The lowest BCUT2D eigenvalue weighted by Crippen LogP contribution is -2.57. The van der Waals surface area contributed by atoms with E-state index in [1.807, 2.05) is 6.07 Å². The third kappa shape index (κ3) is 2.84. The summed E-state index contributed by atoms with van der Waals surface area (Å²) in [6.07, 6.45) is 7.12. The van der Waals surface area contributed by atoms with Gasteiger partial charge in [0, 0.05) is 0 Å². The summed E-state index contributed by atoms with van der Waals surface area (Å²) < 4.78 is 0. The second-order valence-electron chi connectivity index (χ2n) is 6.57. The molecular formula is C18H25NO2. The van der Waals surface area contributed by atoms with E-state index in [2.05, 4.69) is 29.2 Å². The smallest absolute Gasteiger partial charge is 0.324 e. The average molecular weight is 287 g/mol. The minimum atomic E-state index is -0.601. The van der Waals surface area contributed by atoms with Crippen molar-refractivity contribution in [1.82, 2.24) is 4.90 Å². The molecular weight excluding hydrogens is 262 g/mol. The van der Waals surface area contributed by atoms with Gasteiger partial charge in [-0.25, -0.2) is 0 Å². The minimum Gasteiger partial charge on any atom is -0.480 e. The molecule has 1 heterocycles. The monoisotopic (exact) mass is 287 g/mol. The number of hydrogen-bond acceptors (Lipinski definition) is 2. The van der Waals surface area contributed by atoms with Gasteiger partial charge in [-0.05, 0) is 63.1 Å². The van der Waals surface area contributed by atoms with Gasteiger partial charge in [-0.1, -0.05) is 36.8 Å². The third-order valence-electron chi connectivity index (χ3n) is 5.44. The predicted molar refractivity (Wildman–Crippen MR) is 83.4 cm³/mol. The Balaban J connectivity index is 1.72. The number of rotatable bonds is 3. The fourth-order valence-electron chi connectivity index (χ4n) is 4.14. The SMILES string of the molecule is O=C(O)C1(N2CCCCC2)CCC(c2ccccc2)CC1. The molecule has 0 unspecified atom stereocenters. The van der Waals surface area contributed by atoms with E-state index < -0.39 is 11.5 Å². The van der Waals surface area contributed by atoms with Crippen LogP contribution in [0.5, 0.6) is 0 Å². The van der Waals surface area contributed by atoms with Crippen molar-refractivity contribution in [2.45, 2.75) is 56.4 Å². The van der Waals surface area contributed by atoms with Gasteiger partial charge in [0.2, 0.25) is 0 Å². The maximum absolute atomic E-state index is 12.0. The van der Waals surface area contributed by atoms with Crippen molar-refractivity contribution in [2.24, 2.45) is 0 Å². The Kier molecular flexibility index (Phi) is 4.29. The normalized spacial score (nSPS) is 31.0. The highest BCUT2D eigenvalue weighted by atomic mass is 16.4. The summed E-state index contributed by atoms with van der Waals surface area (Å²) in [4.78, 5) is 14.2. The molecule has 1 saturated carbocycles. The van der Waals surface area contributed by atoms with Gasteiger partial charge in [0.15, 0.2) is 0 Å². The lowest BCUT2D eigenvalue weighted by atomic mass is 9.72. The Labute approximate surface area is 127 Å². The summed E-state index contributed by atoms with van der Waals surface area (Å²) in [7, 11) is 0. The molecule has 0 atom stereocenters.